The van der Waals surface area contributed by atoms with Crippen LogP contribution in [0.5, 0.6) is 0 Å². The lowest BCUT2D eigenvalue weighted by atomic mass is 10.2. The van der Waals surface area contributed by atoms with Crippen LogP contribution in [-0.4, -0.2) is 26.1 Å². The Hall–Kier alpha value is -2.60. The van der Waals surface area contributed by atoms with Crippen molar-refractivity contribution in [1.29, 1.82) is 0 Å². The van der Waals surface area contributed by atoms with Crippen LogP contribution in [0.2, 0.25) is 5.02 Å². The summed E-state index contributed by atoms with van der Waals surface area (Å²) in [6.07, 6.45) is 1.47. The van der Waals surface area contributed by atoms with Gasteiger partial charge in [0.15, 0.2) is 5.76 Å². The number of hydrogen-bond donors (Lipinski definition) is 1. The van der Waals surface area contributed by atoms with Crippen molar-refractivity contribution >= 4 is 17.6 Å². The molecule has 0 bridgehead atoms. The summed E-state index contributed by atoms with van der Waals surface area (Å²) in [7, 11) is 0. The maximum Gasteiger partial charge on any atom is 0.358 e. The molecule has 3 aromatic rings. The van der Waals surface area contributed by atoms with Gasteiger partial charge in [0.05, 0.1) is 12.0 Å². The van der Waals surface area contributed by atoms with Crippen LogP contribution in [0.15, 0.2) is 41.0 Å². The molecule has 0 atom stereocenters. The molecule has 2 aromatic heterocycles. The number of halogens is 1. The number of aromatic nitrogens is 3. The Morgan fingerprint density at radius 1 is 1.38 bits per heavy atom. The van der Waals surface area contributed by atoms with Crippen molar-refractivity contribution in [3.63, 3.8) is 0 Å². The maximum absolute atomic E-state index is 11.3. The minimum Gasteiger partial charge on any atom is -0.476 e. The first-order valence-corrected chi connectivity index (χ1v) is 6.45. The van der Waals surface area contributed by atoms with Crippen molar-refractivity contribution in [1.82, 2.24) is 15.0 Å². The van der Waals surface area contributed by atoms with E-state index in [4.69, 9.17) is 16.0 Å². The molecule has 0 amide bonds. The van der Waals surface area contributed by atoms with E-state index in [1.807, 2.05) is 6.92 Å². The van der Waals surface area contributed by atoms with E-state index < -0.39 is 5.97 Å². The highest BCUT2D eigenvalue weighted by molar-refractivity contribution is 6.30. The second-order valence-electron chi connectivity index (χ2n) is 4.41. The number of carboxylic acid groups (broad SMARTS) is 1. The third-order valence-corrected chi connectivity index (χ3v) is 3.25. The fourth-order valence-electron chi connectivity index (χ4n) is 2.09. The van der Waals surface area contributed by atoms with E-state index in [1.165, 1.54) is 10.9 Å². The van der Waals surface area contributed by atoms with Gasteiger partial charge in [-0.3, -0.25) is 0 Å². The van der Waals surface area contributed by atoms with Crippen LogP contribution in [0.4, 0.5) is 0 Å². The van der Waals surface area contributed by atoms with Crippen molar-refractivity contribution in [2.75, 3.05) is 0 Å². The summed E-state index contributed by atoms with van der Waals surface area (Å²) in [4.78, 5) is 11.3. The van der Waals surface area contributed by atoms with Crippen molar-refractivity contribution in [2.45, 2.75) is 6.92 Å². The zero-order valence-electron chi connectivity index (χ0n) is 10.9. The second-order valence-corrected chi connectivity index (χ2v) is 4.85. The third-order valence-electron chi connectivity index (χ3n) is 3.01. The van der Waals surface area contributed by atoms with Gasteiger partial charge in [-0.25, -0.2) is 9.48 Å². The van der Waals surface area contributed by atoms with Gasteiger partial charge in [-0.05, 0) is 42.8 Å². The number of carbonyl (C=O) groups is 1. The third kappa shape index (κ3) is 2.30. The maximum atomic E-state index is 11.3. The number of nitrogens with zero attached hydrogens (tertiary/aromatic N) is 3. The van der Waals surface area contributed by atoms with Crippen LogP contribution in [0, 0.1) is 6.92 Å². The predicted octanol–water partition coefficient (Wildman–Crippen LogP) is 3.19. The smallest absolute Gasteiger partial charge is 0.358 e. The Balaban J connectivity index is 2.26. The van der Waals surface area contributed by atoms with Crippen molar-refractivity contribution in [3.05, 3.63) is 52.9 Å². The van der Waals surface area contributed by atoms with E-state index in [0.717, 1.165) is 5.56 Å². The molecule has 0 radical (unpaired) electrons. The van der Waals surface area contributed by atoms with Crippen LogP contribution in [0.25, 0.3) is 17.1 Å². The average molecular weight is 304 g/mol. The SMILES string of the molecule is Cc1cc(Cl)ccc1-n1nnc(C(=O)O)c1-c1ccco1. The van der Waals surface area contributed by atoms with Gasteiger partial charge in [-0.2, -0.15) is 0 Å². The molecule has 1 N–H and O–H groups in total. The fourth-order valence-corrected chi connectivity index (χ4v) is 2.31. The van der Waals surface area contributed by atoms with E-state index in [9.17, 15) is 9.90 Å². The van der Waals surface area contributed by atoms with Crippen molar-refractivity contribution < 1.29 is 14.3 Å². The lowest BCUT2D eigenvalue weighted by Gasteiger charge is -2.08. The molecule has 0 aliphatic heterocycles. The minimum absolute atomic E-state index is 0.167. The number of carboxylic acids is 1. The monoisotopic (exact) mass is 303 g/mol. The predicted molar refractivity (Wildman–Crippen MR) is 75.8 cm³/mol. The van der Waals surface area contributed by atoms with Crippen molar-refractivity contribution in [2.24, 2.45) is 0 Å². The highest BCUT2D eigenvalue weighted by Crippen LogP contribution is 2.28. The van der Waals surface area contributed by atoms with Gasteiger partial charge in [-0.1, -0.05) is 16.8 Å². The van der Waals surface area contributed by atoms with E-state index in [2.05, 4.69) is 10.3 Å². The van der Waals surface area contributed by atoms with Crippen LogP contribution < -0.4 is 0 Å². The molecule has 7 heteroatoms. The molecular weight excluding hydrogens is 294 g/mol. The Morgan fingerprint density at radius 2 is 2.19 bits per heavy atom. The summed E-state index contributed by atoms with van der Waals surface area (Å²) in [6, 6.07) is 8.56. The normalized spacial score (nSPS) is 10.8. The number of hydrogen-bond acceptors (Lipinski definition) is 4. The molecule has 0 unspecified atom stereocenters. The molecule has 3 rings (SSSR count). The first-order valence-electron chi connectivity index (χ1n) is 6.07. The van der Waals surface area contributed by atoms with Gasteiger partial charge in [-0.15, -0.1) is 5.10 Å². The second kappa shape index (κ2) is 5.06. The Kier molecular flexibility index (Phi) is 3.23. The van der Waals surface area contributed by atoms with Crippen LogP contribution in [-0.2, 0) is 0 Å². The molecule has 0 aliphatic carbocycles. The number of benzene rings is 1. The molecule has 0 spiro atoms. The number of furan rings is 1. The zero-order valence-corrected chi connectivity index (χ0v) is 11.7. The summed E-state index contributed by atoms with van der Waals surface area (Å²) < 4.78 is 6.74. The summed E-state index contributed by atoms with van der Waals surface area (Å²) >= 11 is 5.94. The summed E-state index contributed by atoms with van der Waals surface area (Å²) in [6.45, 7) is 1.86. The van der Waals surface area contributed by atoms with Gasteiger partial charge < -0.3 is 9.52 Å². The molecule has 1 aromatic carbocycles. The zero-order chi connectivity index (χ0) is 15.0. The van der Waals surface area contributed by atoms with Gasteiger partial charge >= 0.3 is 5.97 Å². The quantitative estimate of drug-likeness (QED) is 0.803. The van der Waals surface area contributed by atoms with Crippen LogP contribution in [0.3, 0.4) is 0 Å². The first-order chi connectivity index (χ1) is 10.1. The molecule has 0 fully saturated rings. The summed E-state index contributed by atoms with van der Waals surface area (Å²) in [5, 5.41) is 17.5. The number of aromatic carboxylic acids is 1. The van der Waals surface area contributed by atoms with Gasteiger partial charge in [0.2, 0.25) is 5.69 Å². The molecule has 21 heavy (non-hydrogen) atoms. The minimum atomic E-state index is -1.17. The largest absolute Gasteiger partial charge is 0.476 e. The average Bonchev–Trinajstić information content (AvgIpc) is 3.06. The van der Waals surface area contributed by atoms with E-state index in [1.54, 1.807) is 30.3 Å². The molecule has 106 valence electrons. The molecule has 0 saturated heterocycles. The van der Waals surface area contributed by atoms with Gasteiger partial charge in [0, 0.05) is 5.02 Å². The Bertz CT molecular complexity index is 809. The Labute approximate surface area is 124 Å². The van der Waals surface area contributed by atoms with Crippen LogP contribution >= 0.6 is 11.6 Å². The Morgan fingerprint density at radius 3 is 2.81 bits per heavy atom. The standard InChI is InChI=1S/C14H10ClN3O3/c1-8-7-9(15)4-5-10(8)18-13(11-3-2-6-21-11)12(14(19)20)16-17-18/h2-7H,1H3,(H,19,20). The van der Waals surface area contributed by atoms with E-state index in [0.29, 0.717) is 16.5 Å². The van der Waals surface area contributed by atoms with Gasteiger partial charge in [0.25, 0.3) is 0 Å². The molecule has 0 aliphatic rings. The highest BCUT2D eigenvalue weighted by atomic mass is 35.5. The molecule has 6 nitrogen and oxygen atoms in total. The topological polar surface area (TPSA) is 81.2 Å². The number of rotatable bonds is 3. The highest BCUT2D eigenvalue weighted by Gasteiger charge is 2.24. The van der Waals surface area contributed by atoms with Crippen LogP contribution in [0.1, 0.15) is 16.1 Å². The first kappa shape index (κ1) is 13.4. The summed E-state index contributed by atoms with van der Waals surface area (Å²) in [5.41, 5.74) is 1.65. The lowest BCUT2D eigenvalue weighted by molar-refractivity contribution is 0.0691. The lowest BCUT2D eigenvalue weighted by Crippen LogP contribution is -2.04. The molecular formula is C14H10ClN3O3. The van der Waals surface area contributed by atoms with E-state index in [-0.39, 0.29) is 11.4 Å². The number of aryl methyl sites for hydroxylation is 1. The molecule has 0 saturated carbocycles. The van der Waals surface area contributed by atoms with E-state index >= 15 is 0 Å². The van der Waals surface area contributed by atoms with Crippen molar-refractivity contribution in [3.8, 4) is 17.1 Å². The summed E-state index contributed by atoms with van der Waals surface area (Å²) in [5.74, 6) is -0.786. The van der Waals surface area contributed by atoms with Gasteiger partial charge in [0.1, 0.15) is 5.69 Å². The molecule has 2 heterocycles. The fraction of sp³-hybridized carbons (Fsp3) is 0.0714.